The molecule has 0 aromatic carbocycles. The van der Waals surface area contributed by atoms with Crippen molar-refractivity contribution in [3.05, 3.63) is 16.8 Å². The van der Waals surface area contributed by atoms with Gasteiger partial charge >= 0.3 is 0 Å². The van der Waals surface area contributed by atoms with Gasteiger partial charge in [0.15, 0.2) is 4.96 Å². The van der Waals surface area contributed by atoms with Gasteiger partial charge in [0.1, 0.15) is 5.82 Å². The van der Waals surface area contributed by atoms with Gasteiger partial charge in [-0.1, -0.05) is 20.8 Å². The number of aromatic nitrogens is 2. The van der Waals surface area contributed by atoms with Crippen molar-refractivity contribution in [2.24, 2.45) is 0 Å². The highest BCUT2D eigenvalue weighted by atomic mass is 32.1. The number of rotatable bonds is 0. The Kier molecular flexibility index (Phi) is 1.86. The van der Waals surface area contributed by atoms with Crippen molar-refractivity contribution < 1.29 is 0 Å². The normalized spacial score (nSPS) is 12.6. The van der Waals surface area contributed by atoms with Gasteiger partial charge in [-0.2, -0.15) is 0 Å². The molecule has 2 rings (SSSR count). The summed E-state index contributed by atoms with van der Waals surface area (Å²) >= 11 is 1.68. The largest absolute Gasteiger partial charge is 0.383 e. The van der Waals surface area contributed by atoms with Gasteiger partial charge in [-0.05, 0) is 6.92 Å². The highest BCUT2D eigenvalue weighted by molar-refractivity contribution is 7.17. The number of imidazole rings is 1. The number of fused-ring (bicyclic) bond motifs is 1. The fourth-order valence-corrected chi connectivity index (χ4v) is 2.36. The zero-order valence-corrected chi connectivity index (χ0v) is 9.77. The van der Waals surface area contributed by atoms with Crippen LogP contribution in [0.1, 0.15) is 31.3 Å². The molecule has 2 aromatic heterocycles. The van der Waals surface area contributed by atoms with Crippen LogP contribution in [0, 0.1) is 6.92 Å². The number of aryl methyl sites for hydroxylation is 1. The van der Waals surface area contributed by atoms with E-state index >= 15 is 0 Å². The van der Waals surface area contributed by atoms with Gasteiger partial charge < -0.3 is 5.73 Å². The number of nitrogens with zero attached hydrogens (tertiary/aromatic N) is 2. The molecule has 3 nitrogen and oxygen atoms in total. The third-order valence-electron chi connectivity index (χ3n) is 2.19. The summed E-state index contributed by atoms with van der Waals surface area (Å²) in [6, 6.07) is 0. The third kappa shape index (κ3) is 1.30. The van der Waals surface area contributed by atoms with E-state index in [1.165, 1.54) is 4.88 Å². The van der Waals surface area contributed by atoms with Crippen LogP contribution in [0.2, 0.25) is 0 Å². The van der Waals surface area contributed by atoms with Crippen LogP contribution in [0.3, 0.4) is 0 Å². The Morgan fingerprint density at radius 2 is 2.07 bits per heavy atom. The minimum absolute atomic E-state index is 0.0176. The van der Waals surface area contributed by atoms with Crippen LogP contribution in [-0.2, 0) is 5.41 Å². The Labute approximate surface area is 87.6 Å². The van der Waals surface area contributed by atoms with Gasteiger partial charge in [0.2, 0.25) is 0 Å². The van der Waals surface area contributed by atoms with E-state index in [0.29, 0.717) is 0 Å². The lowest BCUT2D eigenvalue weighted by molar-refractivity contribution is 0.576. The molecular formula is C10H15N3S. The topological polar surface area (TPSA) is 43.3 Å². The fraction of sp³-hybridized carbons (Fsp3) is 0.500. The summed E-state index contributed by atoms with van der Waals surface area (Å²) in [5.41, 5.74) is 7.05. The molecule has 0 saturated heterocycles. The van der Waals surface area contributed by atoms with E-state index in [-0.39, 0.29) is 5.41 Å². The van der Waals surface area contributed by atoms with E-state index in [0.717, 1.165) is 16.5 Å². The average Bonchev–Trinajstić information content (AvgIpc) is 2.49. The van der Waals surface area contributed by atoms with Crippen molar-refractivity contribution in [1.29, 1.82) is 0 Å². The molecule has 0 unspecified atom stereocenters. The maximum Gasteiger partial charge on any atom is 0.195 e. The molecule has 0 aliphatic carbocycles. The summed E-state index contributed by atoms with van der Waals surface area (Å²) in [5, 5.41) is 0. The zero-order chi connectivity index (χ0) is 10.5. The molecule has 76 valence electrons. The Hall–Kier alpha value is -1.03. The van der Waals surface area contributed by atoms with Crippen LogP contribution in [-0.4, -0.2) is 9.38 Å². The van der Waals surface area contributed by atoms with E-state index < -0.39 is 0 Å². The number of hydrogen-bond donors (Lipinski definition) is 1. The Morgan fingerprint density at radius 3 is 2.57 bits per heavy atom. The lowest BCUT2D eigenvalue weighted by Gasteiger charge is -2.15. The first-order valence-electron chi connectivity index (χ1n) is 4.64. The van der Waals surface area contributed by atoms with E-state index in [1.807, 2.05) is 10.6 Å². The van der Waals surface area contributed by atoms with Crippen LogP contribution in [0.4, 0.5) is 5.82 Å². The summed E-state index contributed by atoms with van der Waals surface area (Å²) in [5.74, 6) is 0.775. The summed E-state index contributed by atoms with van der Waals surface area (Å²) in [6.45, 7) is 8.45. The first-order chi connectivity index (χ1) is 6.39. The molecule has 0 spiro atoms. The van der Waals surface area contributed by atoms with E-state index in [9.17, 15) is 0 Å². The predicted octanol–water partition coefficient (Wildman–Crippen LogP) is 2.58. The molecule has 0 radical (unpaired) electrons. The predicted molar refractivity (Wildman–Crippen MR) is 60.9 cm³/mol. The van der Waals surface area contributed by atoms with Crippen molar-refractivity contribution in [1.82, 2.24) is 9.38 Å². The Morgan fingerprint density at radius 1 is 1.43 bits per heavy atom. The van der Waals surface area contributed by atoms with Gasteiger partial charge in [0.25, 0.3) is 0 Å². The number of nitrogens with two attached hydrogens (primary N) is 1. The first-order valence-corrected chi connectivity index (χ1v) is 5.45. The standard InChI is InChI=1S/C10H15N3S/c1-6-5-13-8(11)7(10(2,3)4)12-9(13)14-6/h5H,11H2,1-4H3. The molecule has 0 aliphatic rings. The van der Waals surface area contributed by atoms with Crippen LogP contribution in [0.25, 0.3) is 4.96 Å². The molecule has 0 aliphatic heterocycles. The maximum absolute atomic E-state index is 6.05. The monoisotopic (exact) mass is 209 g/mol. The summed E-state index contributed by atoms with van der Waals surface area (Å²) in [4.78, 5) is 6.79. The SMILES string of the molecule is Cc1cn2c(N)c(C(C)(C)C)nc2s1. The van der Waals surface area contributed by atoms with Crippen molar-refractivity contribution in [3.63, 3.8) is 0 Å². The van der Waals surface area contributed by atoms with Crippen LogP contribution < -0.4 is 5.73 Å². The second kappa shape index (κ2) is 2.73. The van der Waals surface area contributed by atoms with Crippen LogP contribution in [0.5, 0.6) is 0 Å². The van der Waals surface area contributed by atoms with E-state index in [1.54, 1.807) is 11.3 Å². The van der Waals surface area contributed by atoms with Gasteiger partial charge in [-0.15, -0.1) is 11.3 Å². The first kappa shape index (κ1) is 9.52. The number of hydrogen-bond acceptors (Lipinski definition) is 3. The van der Waals surface area contributed by atoms with Crippen molar-refractivity contribution >= 4 is 22.1 Å². The van der Waals surface area contributed by atoms with Crippen LogP contribution in [0.15, 0.2) is 6.20 Å². The molecule has 2 aromatic rings. The van der Waals surface area contributed by atoms with E-state index in [2.05, 4.69) is 32.7 Å². The minimum Gasteiger partial charge on any atom is -0.383 e. The van der Waals surface area contributed by atoms with Gasteiger partial charge in [-0.25, -0.2) is 4.98 Å². The second-order valence-electron chi connectivity index (χ2n) is 4.59. The molecule has 0 atom stereocenters. The molecule has 0 amide bonds. The third-order valence-corrected chi connectivity index (χ3v) is 3.09. The van der Waals surface area contributed by atoms with Gasteiger partial charge in [0, 0.05) is 16.5 Å². The van der Waals surface area contributed by atoms with Gasteiger partial charge in [0.05, 0.1) is 5.69 Å². The molecule has 2 N–H and O–H groups in total. The van der Waals surface area contributed by atoms with Crippen LogP contribution >= 0.6 is 11.3 Å². The molecule has 0 fully saturated rings. The molecule has 2 heterocycles. The number of anilines is 1. The maximum atomic E-state index is 6.05. The molecular weight excluding hydrogens is 194 g/mol. The van der Waals surface area contributed by atoms with Crippen molar-refractivity contribution in [2.45, 2.75) is 33.1 Å². The Bertz CT molecular complexity index is 473. The highest BCUT2D eigenvalue weighted by Gasteiger charge is 2.22. The lowest BCUT2D eigenvalue weighted by Crippen LogP contribution is -2.14. The quantitative estimate of drug-likeness (QED) is 0.724. The molecule has 0 bridgehead atoms. The molecule has 14 heavy (non-hydrogen) atoms. The van der Waals surface area contributed by atoms with Gasteiger partial charge in [-0.3, -0.25) is 4.40 Å². The summed E-state index contributed by atoms with van der Waals surface area (Å²) in [6.07, 6.45) is 2.04. The Balaban J connectivity index is 2.70. The fourth-order valence-electron chi connectivity index (χ4n) is 1.52. The zero-order valence-electron chi connectivity index (χ0n) is 8.96. The summed E-state index contributed by atoms with van der Waals surface area (Å²) < 4.78 is 1.97. The average molecular weight is 209 g/mol. The second-order valence-corrected chi connectivity index (χ2v) is 5.80. The number of nitrogen functional groups attached to an aromatic ring is 1. The lowest BCUT2D eigenvalue weighted by atomic mass is 9.92. The molecule has 4 heteroatoms. The smallest absolute Gasteiger partial charge is 0.195 e. The van der Waals surface area contributed by atoms with E-state index in [4.69, 9.17) is 5.73 Å². The highest BCUT2D eigenvalue weighted by Crippen LogP contribution is 2.30. The number of thiazole rings is 1. The minimum atomic E-state index is 0.0176. The molecule has 0 saturated carbocycles. The summed E-state index contributed by atoms with van der Waals surface area (Å²) in [7, 11) is 0. The van der Waals surface area contributed by atoms with Crippen molar-refractivity contribution in [3.8, 4) is 0 Å². The van der Waals surface area contributed by atoms with Crippen molar-refractivity contribution in [2.75, 3.05) is 5.73 Å².